The molecular formula is C21H23ClN4O2. The Kier molecular flexibility index (Phi) is 5.50. The molecule has 1 N–H and O–H groups in total. The summed E-state index contributed by atoms with van der Waals surface area (Å²) in [6.45, 7) is 5.62. The molecule has 146 valence electrons. The number of nitrogens with zero attached hydrogens (tertiary/aromatic N) is 3. The number of aromatic nitrogens is 1. The van der Waals surface area contributed by atoms with Gasteiger partial charge in [0.05, 0.1) is 6.54 Å². The van der Waals surface area contributed by atoms with Crippen LogP contribution in [-0.4, -0.2) is 47.0 Å². The number of para-hydroxylation sites is 1. The third-order valence-corrected chi connectivity index (χ3v) is 5.29. The van der Waals surface area contributed by atoms with Crippen molar-refractivity contribution < 1.29 is 9.21 Å². The molecule has 0 aliphatic carbocycles. The molecule has 3 aromatic rings. The van der Waals surface area contributed by atoms with Gasteiger partial charge in [0, 0.05) is 36.9 Å². The first-order chi connectivity index (χ1) is 13.6. The summed E-state index contributed by atoms with van der Waals surface area (Å²) in [5.41, 5.74) is 3.55. The fourth-order valence-corrected chi connectivity index (χ4v) is 3.63. The first kappa shape index (κ1) is 18.8. The molecule has 2 aromatic carbocycles. The number of carbonyl (C=O) groups excluding carboxylic acids is 1. The van der Waals surface area contributed by atoms with E-state index in [4.69, 9.17) is 16.0 Å². The van der Waals surface area contributed by atoms with Gasteiger partial charge in [0.1, 0.15) is 5.52 Å². The Morgan fingerprint density at radius 1 is 1.18 bits per heavy atom. The van der Waals surface area contributed by atoms with Gasteiger partial charge in [-0.25, -0.2) is 9.78 Å². The number of halogens is 1. The molecule has 0 saturated carbocycles. The lowest BCUT2D eigenvalue weighted by Crippen LogP contribution is -2.49. The summed E-state index contributed by atoms with van der Waals surface area (Å²) in [5, 5.41) is 3.69. The average Bonchev–Trinajstić information content (AvgIpc) is 3.10. The summed E-state index contributed by atoms with van der Waals surface area (Å²) < 4.78 is 5.80. The highest BCUT2D eigenvalue weighted by Crippen LogP contribution is 2.21. The van der Waals surface area contributed by atoms with E-state index in [0.717, 1.165) is 41.9 Å². The first-order valence-electron chi connectivity index (χ1n) is 9.53. The monoisotopic (exact) mass is 398 g/mol. The van der Waals surface area contributed by atoms with Crippen molar-refractivity contribution >= 4 is 34.4 Å². The summed E-state index contributed by atoms with van der Waals surface area (Å²) in [6, 6.07) is 13.3. The molecule has 1 aromatic heterocycles. The molecule has 0 atom stereocenters. The van der Waals surface area contributed by atoms with Crippen molar-refractivity contribution in [2.75, 3.05) is 31.5 Å². The predicted molar refractivity (Wildman–Crippen MR) is 111 cm³/mol. The number of fused-ring (bicyclic) bond motifs is 1. The highest BCUT2D eigenvalue weighted by atomic mass is 35.5. The van der Waals surface area contributed by atoms with Crippen LogP contribution in [0, 0.1) is 0 Å². The zero-order valence-corrected chi connectivity index (χ0v) is 16.6. The largest absolute Gasteiger partial charge is 0.439 e. The van der Waals surface area contributed by atoms with E-state index in [9.17, 15) is 4.79 Å². The molecule has 1 saturated heterocycles. The molecule has 0 radical (unpaired) electrons. The van der Waals surface area contributed by atoms with E-state index < -0.39 is 0 Å². The Labute approximate surface area is 169 Å². The number of carbonyl (C=O) groups is 1. The number of rotatable bonds is 4. The van der Waals surface area contributed by atoms with Crippen molar-refractivity contribution in [3.8, 4) is 0 Å². The molecule has 7 heteroatoms. The van der Waals surface area contributed by atoms with Gasteiger partial charge in [-0.15, -0.1) is 0 Å². The number of anilines is 1. The van der Waals surface area contributed by atoms with E-state index in [2.05, 4.69) is 22.1 Å². The van der Waals surface area contributed by atoms with Crippen LogP contribution in [0.5, 0.6) is 0 Å². The second-order valence-corrected chi connectivity index (χ2v) is 7.36. The van der Waals surface area contributed by atoms with Gasteiger partial charge in [-0.2, -0.15) is 0 Å². The number of oxazole rings is 1. The van der Waals surface area contributed by atoms with Crippen molar-refractivity contribution in [3.63, 3.8) is 0 Å². The molecule has 1 fully saturated rings. The molecule has 0 unspecified atom stereocenters. The Balaban J connectivity index is 1.33. The summed E-state index contributed by atoms with van der Waals surface area (Å²) >= 11 is 6.01. The minimum absolute atomic E-state index is 0.0444. The molecule has 2 amide bonds. The highest BCUT2D eigenvalue weighted by molar-refractivity contribution is 6.31. The zero-order chi connectivity index (χ0) is 19.5. The molecule has 28 heavy (non-hydrogen) atoms. The average molecular weight is 399 g/mol. The lowest BCUT2D eigenvalue weighted by molar-refractivity contribution is 0.136. The summed E-state index contributed by atoms with van der Waals surface area (Å²) in [5.74, 6) is 0.673. The molecule has 2 heterocycles. The number of benzene rings is 2. The minimum Gasteiger partial charge on any atom is -0.439 e. The molecular weight excluding hydrogens is 376 g/mol. The van der Waals surface area contributed by atoms with Crippen LogP contribution < -0.4 is 5.32 Å². The van der Waals surface area contributed by atoms with E-state index in [1.54, 1.807) is 12.1 Å². The molecule has 1 aliphatic heterocycles. The highest BCUT2D eigenvalue weighted by Gasteiger charge is 2.22. The molecule has 1 aliphatic rings. The van der Waals surface area contributed by atoms with Crippen LogP contribution in [0.3, 0.4) is 0 Å². The number of hydrogen-bond acceptors (Lipinski definition) is 4. The van der Waals surface area contributed by atoms with Crippen LogP contribution in [0.15, 0.2) is 46.9 Å². The van der Waals surface area contributed by atoms with E-state index in [-0.39, 0.29) is 6.03 Å². The number of urea groups is 1. The van der Waals surface area contributed by atoms with Gasteiger partial charge in [0.25, 0.3) is 0 Å². The second-order valence-electron chi connectivity index (χ2n) is 6.92. The Morgan fingerprint density at radius 3 is 2.75 bits per heavy atom. The lowest BCUT2D eigenvalue weighted by atomic mass is 10.1. The van der Waals surface area contributed by atoms with E-state index in [1.165, 1.54) is 0 Å². The van der Waals surface area contributed by atoms with Crippen LogP contribution in [0.25, 0.3) is 11.1 Å². The van der Waals surface area contributed by atoms with Gasteiger partial charge in [-0.3, -0.25) is 4.90 Å². The molecule has 6 nitrogen and oxygen atoms in total. The van der Waals surface area contributed by atoms with E-state index in [0.29, 0.717) is 30.5 Å². The topological polar surface area (TPSA) is 61.6 Å². The second kappa shape index (κ2) is 8.20. The number of amides is 2. The molecule has 4 rings (SSSR count). The summed E-state index contributed by atoms with van der Waals surface area (Å²) in [7, 11) is 0. The Hall–Kier alpha value is -2.57. The van der Waals surface area contributed by atoms with Crippen molar-refractivity contribution in [2.24, 2.45) is 0 Å². The summed E-state index contributed by atoms with van der Waals surface area (Å²) in [6.07, 6.45) is 0.889. The fraction of sp³-hybridized carbons (Fsp3) is 0.333. The maximum Gasteiger partial charge on any atom is 0.321 e. The van der Waals surface area contributed by atoms with Crippen molar-refractivity contribution in [2.45, 2.75) is 19.9 Å². The van der Waals surface area contributed by atoms with Gasteiger partial charge in [-0.1, -0.05) is 36.7 Å². The van der Waals surface area contributed by atoms with Crippen molar-refractivity contribution in [3.05, 3.63) is 58.9 Å². The number of nitrogens with one attached hydrogen (secondary N) is 1. The summed E-state index contributed by atoms with van der Waals surface area (Å²) in [4.78, 5) is 21.2. The number of aryl methyl sites for hydroxylation is 1. The molecule has 0 bridgehead atoms. The maximum absolute atomic E-state index is 12.6. The number of hydrogen-bond donors (Lipinski definition) is 1. The third kappa shape index (κ3) is 4.13. The first-order valence-corrected chi connectivity index (χ1v) is 9.91. The molecule has 0 spiro atoms. The Bertz CT molecular complexity index is 979. The fourth-order valence-electron chi connectivity index (χ4n) is 3.46. The van der Waals surface area contributed by atoms with Gasteiger partial charge in [-0.05, 0) is 36.2 Å². The predicted octanol–water partition coefficient (Wildman–Crippen LogP) is 4.39. The SMILES string of the molecule is CCc1ccccc1NC(=O)N1CCN(Cc2nc3cc(Cl)ccc3o2)CC1. The maximum atomic E-state index is 12.6. The zero-order valence-electron chi connectivity index (χ0n) is 15.8. The number of piperazine rings is 1. The third-order valence-electron chi connectivity index (χ3n) is 5.05. The van der Waals surface area contributed by atoms with Gasteiger partial charge < -0.3 is 14.6 Å². The smallest absolute Gasteiger partial charge is 0.321 e. The normalized spacial score (nSPS) is 15.1. The Morgan fingerprint density at radius 2 is 1.96 bits per heavy atom. The van der Waals surface area contributed by atoms with Gasteiger partial charge in [0.15, 0.2) is 5.58 Å². The van der Waals surface area contributed by atoms with Crippen LogP contribution in [0.1, 0.15) is 18.4 Å². The van der Waals surface area contributed by atoms with Crippen LogP contribution in [0.2, 0.25) is 5.02 Å². The van der Waals surface area contributed by atoms with Crippen molar-refractivity contribution in [1.82, 2.24) is 14.8 Å². The standard InChI is InChI=1S/C21H23ClN4O2/c1-2-15-5-3-4-6-17(15)24-21(27)26-11-9-25(10-12-26)14-20-23-18-13-16(22)7-8-19(18)28-20/h3-8,13H,2,9-12,14H2,1H3,(H,24,27). The van der Waals surface area contributed by atoms with Gasteiger partial charge >= 0.3 is 6.03 Å². The van der Waals surface area contributed by atoms with Gasteiger partial charge in [0.2, 0.25) is 5.89 Å². The minimum atomic E-state index is -0.0444. The lowest BCUT2D eigenvalue weighted by Gasteiger charge is -2.34. The van der Waals surface area contributed by atoms with Crippen LogP contribution in [0.4, 0.5) is 10.5 Å². The van der Waals surface area contributed by atoms with E-state index in [1.807, 2.05) is 35.2 Å². The van der Waals surface area contributed by atoms with Crippen molar-refractivity contribution in [1.29, 1.82) is 0 Å². The van der Waals surface area contributed by atoms with E-state index >= 15 is 0 Å². The van der Waals surface area contributed by atoms with Crippen LogP contribution in [-0.2, 0) is 13.0 Å². The van der Waals surface area contributed by atoms with Crippen LogP contribution >= 0.6 is 11.6 Å². The quantitative estimate of drug-likeness (QED) is 0.707.